The lowest BCUT2D eigenvalue weighted by Gasteiger charge is -2.35. The first-order chi connectivity index (χ1) is 10.0. The first kappa shape index (κ1) is 16.3. The Balaban J connectivity index is 2.25. The average Bonchev–Trinajstić information content (AvgIpc) is 2.49. The first-order valence-corrected chi connectivity index (χ1v) is 8.18. The second-order valence-electron chi connectivity index (χ2n) is 5.86. The Kier molecular flexibility index (Phi) is 5.65. The van der Waals surface area contributed by atoms with Crippen molar-refractivity contribution in [3.63, 3.8) is 0 Å². The quantitative estimate of drug-likeness (QED) is 0.906. The van der Waals surface area contributed by atoms with Gasteiger partial charge in [0.2, 0.25) is 0 Å². The summed E-state index contributed by atoms with van der Waals surface area (Å²) >= 11 is 6.30. The zero-order valence-electron chi connectivity index (χ0n) is 13.1. The van der Waals surface area contributed by atoms with Gasteiger partial charge in [-0.1, -0.05) is 18.0 Å². The van der Waals surface area contributed by atoms with Crippen molar-refractivity contribution in [2.24, 2.45) is 0 Å². The van der Waals surface area contributed by atoms with E-state index in [-0.39, 0.29) is 16.6 Å². The van der Waals surface area contributed by atoms with E-state index in [2.05, 4.69) is 29.2 Å². The fraction of sp³-hybridized carbons (Fsp3) is 0.733. The molecule has 1 aromatic heterocycles. The predicted molar refractivity (Wildman–Crippen MR) is 87.3 cm³/mol. The molecule has 0 radical (unpaired) electrons. The van der Waals surface area contributed by atoms with Crippen molar-refractivity contribution in [3.05, 3.63) is 21.6 Å². The lowest BCUT2D eigenvalue weighted by Crippen LogP contribution is -2.46. The van der Waals surface area contributed by atoms with Crippen LogP contribution in [0, 0.1) is 0 Å². The van der Waals surface area contributed by atoms with Gasteiger partial charge in [-0.3, -0.25) is 4.79 Å². The highest BCUT2D eigenvalue weighted by molar-refractivity contribution is 6.33. The number of nitrogens with one attached hydrogen (secondary N) is 1. The minimum absolute atomic E-state index is 0.209. The largest absolute Gasteiger partial charge is 0.365 e. The number of halogens is 1. The average molecular weight is 313 g/mol. The van der Waals surface area contributed by atoms with Gasteiger partial charge in [0.05, 0.1) is 11.9 Å². The number of piperidine rings is 1. The molecule has 5 nitrogen and oxygen atoms in total. The van der Waals surface area contributed by atoms with Crippen molar-refractivity contribution in [2.45, 2.75) is 58.7 Å². The van der Waals surface area contributed by atoms with Crippen LogP contribution in [0.4, 0.5) is 5.69 Å². The topological polar surface area (TPSA) is 50.2 Å². The van der Waals surface area contributed by atoms with Crippen LogP contribution >= 0.6 is 11.6 Å². The highest BCUT2D eigenvalue weighted by atomic mass is 35.5. The number of rotatable bonds is 5. The molecule has 2 rings (SSSR count). The van der Waals surface area contributed by atoms with Crippen molar-refractivity contribution in [1.82, 2.24) is 15.1 Å². The van der Waals surface area contributed by atoms with E-state index < -0.39 is 0 Å². The lowest BCUT2D eigenvalue weighted by atomic mass is 10.0. The molecule has 0 amide bonds. The highest BCUT2D eigenvalue weighted by Gasteiger charge is 2.22. The maximum absolute atomic E-state index is 12.2. The molecular weight excluding hydrogens is 288 g/mol. The SMILES string of the molecule is CCn1ncc(N(CC2CCCCN2)C(C)C)c(Cl)c1=O. The Hall–Kier alpha value is -1.07. The molecule has 1 N–H and O–H groups in total. The lowest BCUT2D eigenvalue weighted by molar-refractivity contribution is 0.393. The van der Waals surface area contributed by atoms with Crippen LogP contribution < -0.4 is 15.8 Å². The van der Waals surface area contributed by atoms with E-state index in [0.29, 0.717) is 12.6 Å². The Bertz CT molecular complexity index is 523. The molecule has 0 spiro atoms. The first-order valence-electron chi connectivity index (χ1n) is 7.80. The summed E-state index contributed by atoms with van der Waals surface area (Å²) < 4.78 is 1.39. The third kappa shape index (κ3) is 3.77. The van der Waals surface area contributed by atoms with E-state index in [4.69, 9.17) is 11.6 Å². The van der Waals surface area contributed by atoms with Crippen molar-refractivity contribution in [1.29, 1.82) is 0 Å². The molecule has 1 aliphatic rings. The third-order valence-corrected chi connectivity index (χ3v) is 4.38. The van der Waals surface area contributed by atoms with E-state index >= 15 is 0 Å². The zero-order valence-corrected chi connectivity index (χ0v) is 13.9. The number of aryl methyl sites for hydroxylation is 1. The van der Waals surface area contributed by atoms with E-state index in [9.17, 15) is 4.79 Å². The number of nitrogens with zero attached hydrogens (tertiary/aromatic N) is 3. The van der Waals surface area contributed by atoms with Crippen LogP contribution in [0.25, 0.3) is 0 Å². The molecule has 0 bridgehead atoms. The van der Waals surface area contributed by atoms with Gasteiger partial charge in [-0.25, -0.2) is 4.68 Å². The van der Waals surface area contributed by atoms with Gasteiger partial charge in [0.25, 0.3) is 5.56 Å². The summed E-state index contributed by atoms with van der Waals surface area (Å²) in [5, 5.41) is 8.03. The summed E-state index contributed by atoms with van der Waals surface area (Å²) in [6.45, 7) is 8.57. The molecule has 21 heavy (non-hydrogen) atoms. The summed E-state index contributed by atoms with van der Waals surface area (Å²) in [6, 6.07) is 0.718. The van der Waals surface area contributed by atoms with E-state index in [1.165, 1.54) is 23.9 Å². The predicted octanol–water partition coefficient (Wildman–Crippen LogP) is 2.27. The van der Waals surface area contributed by atoms with Gasteiger partial charge < -0.3 is 10.2 Å². The van der Waals surface area contributed by atoms with Crippen LogP contribution in [0.1, 0.15) is 40.0 Å². The summed E-state index contributed by atoms with van der Waals surface area (Å²) in [6.07, 6.45) is 5.39. The monoisotopic (exact) mass is 312 g/mol. The molecule has 1 fully saturated rings. The minimum atomic E-state index is -0.209. The second-order valence-corrected chi connectivity index (χ2v) is 6.24. The molecule has 1 atom stereocenters. The summed E-state index contributed by atoms with van der Waals surface area (Å²) in [5.74, 6) is 0. The second kappa shape index (κ2) is 7.27. The molecule has 0 aliphatic carbocycles. The van der Waals surface area contributed by atoms with E-state index in [0.717, 1.165) is 18.8 Å². The fourth-order valence-corrected chi connectivity index (χ4v) is 3.04. The van der Waals surface area contributed by atoms with Gasteiger partial charge in [0, 0.05) is 25.2 Å². The molecule has 2 heterocycles. The van der Waals surface area contributed by atoms with Crippen molar-refractivity contribution >= 4 is 17.3 Å². The van der Waals surface area contributed by atoms with Gasteiger partial charge in [0.1, 0.15) is 5.02 Å². The maximum atomic E-state index is 12.2. The molecule has 1 aliphatic heterocycles. The normalized spacial score (nSPS) is 19.0. The van der Waals surface area contributed by atoms with Crippen molar-refractivity contribution < 1.29 is 0 Å². The molecule has 0 aromatic carbocycles. The molecule has 1 aromatic rings. The number of aromatic nitrogens is 2. The van der Waals surface area contributed by atoms with Crippen LogP contribution in [0.5, 0.6) is 0 Å². The number of hydrogen-bond acceptors (Lipinski definition) is 4. The Morgan fingerprint density at radius 3 is 2.86 bits per heavy atom. The van der Waals surface area contributed by atoms with Crippen molar-refractivity contribution in [2.75, 3.05) is 18.0 Å². The van der Waals surface area contributed by atoms with Gasteiger partial charge in [-0.2, -0.15) is 5.10 Å². The number of hydrogen-bond donors (Lipinski definition) is 1. The molecule has 1 saturated heterocycles. The van der Waals surface area contributed by atoms with E-state index in [1.807, 2.05) is 6.92 Å². The summed E-state index contributed by atoms with van der Waals surface area (Å²) in [7, 11) is 0. The van der Waals surface area contributed by atoms with Gasteiger partial charge in [-0.05, 0) is 40.2 Å². The maximum Gasteiger partial charge on any atom is 0.287 e. The van der Waals surface area contributed by atoms with E-state index in [1.54, 1.807) is 6.20 Å². The Morgan fingerprint density at radius 1 is 1.52 bits per heavy atom. The van der Waals surface area contributed by atoms with Gasteiger partial charge >= 0.3 is 0 Å². The minimum Gasteiger partial charge on any atom is -0.365 e. The summed E-state index contributed by atoms with van der Waals surface area (Å²) in [5.41, 5.74) is 0.535. The van der Waals surface area contributed by atoms with Crippen LogP contribution in [0.2, 0.25) is 5.02 Å². The summed E-state index contributed by atoms with van der Waals surface area (Å²) in [4.78, 5) is 14.3. The number of anilines is 1. The molecule has 1 unspecified atom stereocenters. The van der Waals surface area contributed by atoms with Crippen LogP contribution in [-0.2, 0) is 6.54 Å². The molecule has 118 valence electrons. The third-order valence-electron chi connectivity index (χ3n) is 4.03. The Labute approximate surface area is 131 Å². The van der Waals surface area contributed by atoms with Crippen molar-refractivity contribution in [3.8, 4) is 0 Å². The van der Waals surface area contributed by atoms with Crippen LogP contribution in [0.3, 0.4) is 0 Å². The van der Waals surface area contributed by atoms with Crippen LogP contribution in [0.15, 0.2) is 11.0 Å². The molecular formula is C15H25ClN4O. The molecule has 6 heteroatoms. The zero-order chi connectivity index (χ0) is 15.4. The molecule has 0 saturated carbocycles. The smallest absolute Gasteiger partial charge is 0.287 e. The van der Waals surface area contributed by atoms with Crippen LogP contribution in [-0.4, -0.2) is 35.0 Å². The highest BCUT2D eigenvalue weighted by Crippen LogP contribution is 2.24. The van der Waals surface area contributed by atoms with Gasteiger partial charge in [0.15, 0.2) is 0 Å². The standard InChI is InChI=1S/C15H25ClN4O/c1-4-20-15(21)14(16)13(9-18-20)19(11(2)3)10-12-7-5-6-8-17-12/h9,11-12,17H,4-8,10H2,1-3H3. The van der Waals surface area contributed by atoms with Gasteiger partial charge in [-0.15, -0.1) is 0 Å². The fourth-order valence-electron chi connectivity index (χ4n) is 2.79. The Morgan fingerprint density at radius 2 is 2.29 bits per heavy atom.